The largest absolute Gasteiger partial charge is 0.481 e. The van der Waals surface area contributed by atoms with Crippen LogP contribution in [0.25, 0.3) is 0 Å². The van der Waals surface area contributed by atoms with E-state index in [4.69, 9.17) is 15.3 Å². The molecule has 0 aliphatic rings. The molecule has 1 atom stereocenters. The summed E-state index contributed by atoms with van der Waals surface area (Å²) in [5, 5.41) is 35.3. The first kappa shape index (κ1) is 30.5. The van der Waals surface area contributed by atoms with Gasteiger partial charge >= 0.3 is 5.97 Å². The number of rotatable bonds is 17. The fraction of sp³-hybridized carbons (Fsp3) is 0.958. The number of hydrogen-bond donors (Lipinski definition) is 4. The van der Waals surface area contributed by atoms with Gasteiger partial charge in [0, 0.05) is 5.41 Å². The Morgan fingerprint density at radius 2 is 1.14 bits per heavy atom. The zero-order valence-corrected chi connectivity index (χ0v) is 19.9. The van der Waals surface area contributed by atoms with Gasteiger partial charge in [-0.2, -0.15) is 0 Å². The standard InChI is InChI=1S/C18H36O2.C6H14O3/c1-5-9-10-11-13-16(17(19)20)14-12-15-18(6-2,7-3)8-4;1-2-6(3-7,4-8)5-9/h16H,5-15H2,1-4H3,(H,19,20);7-9H,2-5H2,1H3. The second kappa shape index (κ2) is 18.1. The molecule has 176 valence electrons. The quantitative estimate of drug-likeness (QED) is 0.237. The van der Waals surface area contributed by atoms with E-state index in [0.717, 1.165) is 25.7 Å². The summed E-state index contributed by atoms with van der Waals surface area (Å²) in [7, 11) is 0. The molecule has 0 radical (unpaired) electrons. The maximum absolute atomic E-state index is 11.3. The molecular formula is C24H50O5. The van der Waals surface area contributed by atoms with Gasteiger partial charge in [0.15, 0.2) is 0 Å². The third-order valence-electron chi connectivity index (χ3n) is 7.02. The zero-order chi connectivity index (χ0) is 22.8. The highest BCUT2D eigenvalue weighted by Crippen LogP contribution is 2.36. The monoisotopic (exact) mass is 418 g/mol. The maximum atomic E-state index is 11.3. The van der Waals surface area contributed by atoms with Crippen molar-refractivity contribution < 1.29 is 25.2 Å². The molecule has 0 heterocycles. The van der Waals surface area contributed by atoms with Crippen molar-refractivity contribution in [3.63, 3.8) is 0 Å². The minimum Gasteiger partial charge on any atom is -0.481 e. The van der Waals surface area contributed by atoms with Crippen molar-refractivity contribution in [3.05, 3.63) is 0 Å². The fourth-order valence-corrected chi connectivity index (χ4v) is 3.70. The first-order valence-corrected chi connectivity index (χ1v) is 11.8. The molecule has 0 aliphatic heterocycles. The molecule has 1 unspecified atom stereocenters. The van der Waals surface area contributed by atoms with Gasteiger partial charge in [0.25, 0.3) is 0 Å². The van der Waals surface area contributed by atoms with Crippen LogP contribution in [0.3, 0.4) is 0 Å². The zero-order valence-electron chi connectivity index (χ0n) is 19.9. The average Bonchev–Trinajstić information content (AvgIpc) is 2.75. The number of hydrogen-bond acceptors (Lipinski definition) is 4. The van der Waals surface area contributed by atoms with Crippen LogP contribution in [-0.2, 0) is 4.79 Å². The van der Waals surface area contributed by atoms with E-state index in [0.29, 0.717) is 11.8 Å². The number of aliphatic hydroxyl groups is 3. The Bertz CT molecular complexity index is 350. The molecule has 0 saturated heterocycles. The molecule has 5 heteroatoms. The lowest BCUT2D eigenvalue weighted by Crippen LogP contribution is -2.32. The van der Waals surface area contributed by atoms with E-state index in [9.17, 15) is 9.90 Å². The van der Waals surface area contributed by atoms with Crippen molar-refractivity contribution in [1.82, 2.24) is 0 Å². The molecule has 0 fully saturated rings. The van der Waals surface area contributed by atoms with Gasteiger partial charge in [-0.3, -0.25) is 4.79 Å². The SMILES string of the molecule is CCC(CO)(CO)CO.CCCCCCC(CCCC(CC)(CC)CC)C(=O)O. The molecule has 29 heavy (non-hydrogen) atoms. The minimum atomic E-state index is -0.667. The molecular weight excluding hydrogens is 368 g/mol. The molecule has 0 rings (SSSR count). The van der Waals surface area contributed by atoms with E-state index in [2.05, 4.69) is 27.7 Å². The lowest BCUT2D eigenvalue weighted by molar-refractivity contribution is -0.142. The normalized spacial score (nSPS) is 13.0. The Balaban J connectivity index is 0. The van der Waals surface area contributed by atoms with Gasteiger partial charge in [-0.1, -0.05) is 86.0 Å². The van der Waals surface area contributed by atoms with Crippen molar-refractivity contribution in [1.29, 1.82) is 0 Å². The predicted molar refractivity (Wildman–Crippen MR) is 121 cm³/mol. The van der Waals surface area contributed by atoms with Gasteiger partial charge in [-0.15, -0.1) is 0 Å². The molecule has 0 aromatic carbocycles. The van der Waals surface area contributed by atoms with Crippen LogP contribution in [0.4, 0.5) is 0 Å². The summed E-state index contributed by atoms with van der Waals surface area (Å²) in [4.78, 5) is 11.3. The third kappa shape index (κ3) is 12.6. The molecule has 5 nitrogen and oxygen atoms in total. The number of carboxylic acid groups (broad SMARTS) is 1. The lowest BCUT2D eigenvalue weighted by atomic mass is 9.75. The fourth-order valence-electron chi connectivity index (χ4n) is 3.70. The highest BCUT2D eigenvalue weighted by Gasteiger charge is 2.25. The van der Waals surface area contributed by atoms with E-state index >= 15 is 0 Å². The summed E-state index contributed by atoms with van der Waals surface area (Å²) < 4.78 is 0. The maximum Gasteiger partial charge on any atom is 0.306 e. The summed E-state index contributed by atoms with van der Waals surface area (Å²) in [5.41, 5.74) is -0.217. The molecule has 0 aliphatic carbocycles. The Kier molecular flexibility index (Phi) is 19.1. The number of aliphatic hydroxyl groups excluding tert-OH is 3. The van der Waals surface area contributed by atoms with E-state index in [1.807, 2.05) is 6.92 Å². The third-order valence-corrected chi connectivity index (χ3v) is 7.02. The van der Waals surface area contributed by atoms with Gasteiger partial charge in [0.1, 0.15) is 0 Å². The van der Waals surface area contributed by atoms with Crippen LogP contribution >= 0.6 is 0 Å². The van der Waals surface area contributed by atoms with E-state index in [1.165, 1.54) is 44.9 Å². The van der Waals surface area contributed by atoms with Crippen LogP contribution in [0.5, 0.6) is 0 Å². The second-order valence-corrected chi connectivity index (χ2v) is 8.67. The Labute approximate surface area is 179 Å². The highest BCUT2D eigenvalue weighted by molar-refractivity contribution is 5.69. The average molecular weight is 419 g/mol. The Morgan fingerprint density at radius 1 is 0.690 bits per heavy atom. The highest BCUT2D eigenvalue weighted by atomic mass is 16.4. The van der Waals surface area contributed by atoms with Gasteiger partial charge < -0.3 is 20.4 Å². The predicted octanol–water partition coefficient (Wildman–Crippen LogP) is 5.40. The molecule has 0 aromatic rings. The Hall–Kier alpha value is -0.650. The van der Waals surface area contributed by atoms with Gasteiger partial charge in [0.2, 0.25) is 0 Å². The van der Waals surface area contributed by atoms with Crippen molar-refractivity contribution in [2.24, 2.45) is 16.7 Å². The van der Waals surface area contributed by atoms with E-state index < -0.39 is 11.4 Å². The molecule has 0 bridgehead atoms. The van der Waals surface area contributed by atoms with Crippen molar-refractivity contribution in [3.8, 4) is 0 Å². The Morgan fingerprint density at radius 3 is 1.45 bits per heavy atom. The summed E-state index contributed by atoms with van der Waals surface area (Å²) in [6.45, 7) is 10.4. The summed E-state index contributed by atoms with van der Waals surface area (Å²) in [6, 6.07) is 0. The van der Waals surface area contributed by atoms with E-state index in [-0.39, 0.29) is 25.7 Å². The molecule has 4 N–H and O–H groups in total. The molecule has 0 amide bonds. The van der Waals surface area contributed by atoms with Gasteiger partial charge in [0.05, 0.1) is 25.7 Å². The lowest BCUT2D eigenvalue weighted by Gasteiger charge is -2.31. The second-order valence-electron chi connectivity index (χ2n) is 8.67. The van der Waals surface area contributed by atoms with Crippen molar-refractivity contribution in [2.75, 3.05) is 19.8 Å². The summed E-state index contributed by atoms with van der Waals surface area (Å²) >= 11 is 0. The van der Waals surface area contributed by atoms with Crippen LogP contribution in [0, 0.1) is 16.7 Å². The van der Waals surface area contributed by atoms with Crippen LogP contribution in [0.15, 0.2) is 0 Å². The van der Waals surface area contributed by atoms with Gasteiger partial charge in [-0.05, 0) is 31.1 Å². The van der Waals surface area contributed by atoms with Crippen LogP contribution in [0.1, 0.15) is 112 Å². The molecule has 0 spiro atoms. The molecule has 0 aromatic heterocycles. The number of unbranched alkanes of at least 4 members (excludes halogenated alkanes) is 3. The smallest absolute Gasteiger partial charge is 0.306 e. The summed E-state index contributed by atoms with van der Waals surface area (Å²) in [5.74, 6) is -0.702. The van der Waals surface area contributed by atoms with E-state index in [1.54, 1.807) is 0 Å². The first-order chi connectivity index (χ1) is 13.8. The number of aliphatic carboxylic acids is 1. The summed E-state index contributed by atoms with van der Waals surface area (Å²) in [6.07, 6.45) is 12.9. The van der Waals surface area contributed by atoms with Gasteiger partial charge in [-0.25, -0.2) is 0 Å². The van der Waals surface area contributed by atoms with Crippen LogP contribution in [-0.4, -0.2) is 46.2 Å². The number of carbonyl (C=O) groups is 1. The topological polar surface area (TPSA) is 98.0 Å². The number of carboxylic acids is 1. The van der Waals surface area contributed by atoms with Crippen LogP contribution in [0.2, 0.25) is 0 Å². The molecule has 0 saturated carbocycles. The van der Waals surface area contributed by atoms with Crippen LogP contribution < -0.4 is 0 Å². The van der Waals surface area contributed by atoms with Crippen molar-refractivity contribution >= 4 is 5.97 Å². The van der Waals surface area contributed by atoms with Crippen molar-refractivity contribution in [2.45, 2.75) is 112 Å². The first-order valence-electron chi connectivity index (χ1n) is 11.8. The minimum absolute atomic E-state index is 0.116.